The van der Waals surface area contributed by atoms with Crippen LogP contribution in [0.15, 0.2) is 182 Å². The van der Waals surface area contributed by atoms with Crippen LogP contribution in [0.25, 0.3) is 99.1 Å². The Balaban J connectivity index is 1.07. The number of nitrogens with zero attached hydrogens (tertiary/aromatic N) is 3. The molecule has 0 atom stereocenters. The van der Waals surface area contributed by atoms with Crippen molar-refractivity contribution in [3.8, 4) is 44.8 Å². The molecule has 0 N–H and O–H groups in total. The molecule has 3 nitrogen and oxygen atoms in total. The van der Waals surface area contributed by atoms with Crippen molar-refractivity contribution in [3.05, 3.63) is 204 Å². The number of hydrogen-bond acceptors (Lipinski definition) is 1. The van der Waals surface area contributed by atoms with E-state index in [9.17, 15) is 1.37 Å². The van der Waals surface area contributed by atoms with E-state index >= 15 is 0 Å². The minimum Gasteiger partial charge on any atom is -0.311 e. The van der Waals surface area contributed by atoms with Crippen LogP contribution in [0.4, 0.5) is 17.1 Å². The van der Waals surface area contributed by atoms with Crippen LogP contribution in [0.5, 0.6) is 0 Å². The molecule has 12 aromatic rings. The SMILES string of the molecule is [2H]C(C)(C)c1ccc2c(c1)B1c3c(cc(-n4c5cccc6c5c5c7c(cccc7ccc54)-c4ccccc4-6)cc3-n3c4ccc(C5CCCCC5)cc4c4cc5c(c1c43)-c1ccccc1C5(C)C)N2c1ccccc1. The lowest BCUT2D eigenvalue weighted by atomic mass is 9.32. The molecule has 0 spiro atoms. The Morgan fingerprint density at radius 3 is 2.03 bits per heavy atom. The van der Waals surface area contributed by atoms with Crippen molar-refractivity contribution in [2.75, 3.05) is 4.90 Å². The van der Waals surface area contributed by atoms with Gasteiger partial charge < -0.3 is 14.0 Å². The topological polar surface area (TPSA) is 13.1 Å². The van der Waals surface area contributed by atoms with E-state index in [1.54, 1.807) is 0 Å². The van der Waals surface area contributed by atoms with Crippen molar-refractivity contribution >= 4 is 94.5 Å². The van der Waals surface area contributed by atoms with E-state index in [1.165, 1.54) is 170 Å². The number of rotatable bonds is 4. The summed E-state index contributed by atoms with van der Waals surface area (Å²) >= 11 is 0. The maximum atomic E-state index is 9.55. The monoisotopic (exact) mass is 948 g/mol. The molecule has 17 rings (SSSR count). The molecule has 3 aliphatic carbocycles. The quantitative estimate of drug-likeness (QED) is 0.160. The summed E-state index contributed by atoms with van der Waals surface area (Å²) in [6.07, 6.45) is 6.46. The third-order valence-corrected chi connectivity index (χ3v) is 18.6. The molecular weight excluding hydrogens is 894 g/mol. The number of hydrogen-bond donors (Lipinski definition) is 0. The predicted octanol–water partition coefficient (Wildman–Crippen LogP) is 16.8. The largest absolute Gasteiger partial charge is 0.311 e. The summed E-state index contributed by atoms with van der Waals surface area (Å²) in [5.74, 6) is -0.223. The van der Waals surface area contributed by atoms with Gasteiger partial charge in [0.2, 0.25) is 0 Å². The summed E-state index contributed by atoms with van der Waals surface area (Å²) in [4.78, 5) is 2.55. The molecule has 0 unspecified atom stereocenters. The summed E-state index contributed by atoms with van der Waals surface area (Å²) in [7, 11) is 0. The highest BCUT2D eigenvalue weighted by atomic mass is 15.2. The van der Waals surface area contributed by atoms with Gasteiger partial charge in [-0.05, 0) is 168 Å². The number of anilines is 3. The van der Waals surface area contributed by atoms with Crippen molar-refractivity contribution in [1.82, 2.24) is 9.13 Å². The molecule has 0 radical (unpaired) electrons. The molecule has 2 aliphatic heterocycles. The zero-order valence-corrected chi connectivity index (χ0v) is 42.4. The first-order valence-electron chi connectivity index (χ1n) is 27.7. The van der Waals surface area contributed by atoms with Crippen LogP contribution in [0.3, 0.4) is 0 Å². The summed E-state index contributed by atoms with van der Waals surface area (Å²) < 4.78 is 14.8. The second-order valence-electron chi connectivity index (χ2n) is 22.9. The van der Waals surface area contributed by atoms with Gasteiger partial charge in [0.1, 0.15) is 0 Å². The first-order chi connectivity index (χ1) is 36.6. The maximum Gasteiger partial charge on any atom is 0.253 e. The third kappa shape index (κ3) is 5.19. The highest BCUT2D eigenvalue weighted by molar-refractivity contribution is 7.01. The molecule has 0 saturated heterocycles. The molecule has 1 saturated carbocycles. The first-order valence-corrected chi connectivity index (χ1v) is 27.2. The zero-order chi connectivity index (χ0) is 49.8. The molecule has 10 aromatic carbocycles. The minimum atomic E-state index is -0.802. The van der Waals surface area contributed by atoms with Gasteiger partial charge in [0.05, 0.1) is 22.2 Å². The second-order valence-corrected chi connectivity index (χ2v) is 22.9. The zero-order valence-electron chi connectivity index (χ0n) is 43.4. The lowest BCUT2D eigenvalue weighted by Gasteiger charge is -2.41. The van der Waals surface area contributed by atoms with Crippen LogP contribution in [-0.2, 0) is 5.41 Å². The molecule has 5 aliphatic rings. The Morgan fingerprint density at radius 1 is 0.514 bits per heavy atom. The average Bonchev–Trinajstić information content (AvgIpc) is 4.15. The van der Waals surface area contributed by atoms with Gasteiger partial charge in [-0.25, -0.2) is 0 Å². The molecule has 352 valence electrons. The van der Waals surface area contributed by atoms with Crippen molar-refractivity contribution in [1.29, 1.82) is 0 Å². The van der Waals surface area contributed by atoms with E-state index in [1.807, 2.05) is 13.8 Å². The number of benzene rings is 10. The van der Waals surface area contributed by atoms with E-state index in [0.29, 0.717) is 5.92 Å². The normalized spacial score (nSPS) is 16.0. The van der Waals surface area contributed by atoms with Gasteiger partial charge in [-0.2, -0.15) is 0 Å². The predicted molar refractivity (Wildman–Crippen MR) is 314 cm³/mol. The standard InChI is InChI=1S/C70H54BN3/c1-40(2)43-30-33-58-56(36-43)71-67-61(72(58)45-20-9-6-10-21-45)37-46(73-59-28-16-26-50-48-23-12-11-22-47(48)49-25-15-19-42-29-34-60(73)66(63(42)49)65(50)59)38-62(67)74-57-32-31-44(41-17-7-5-8-18-41)35-52(57)53-39-55-64(68(71)69(53)74)51-24-13-14-27-54(51)70(55,3)4/h6,9-16,19-41H,5,7-8,17-18H2,1-4H3/i40D. The molecule has 1 fully saturated rings. The maximum absolute atomic E-state index is 9.55. The van der Waals surface area contributed by atoms with E-state index in [0.717, 1.165) is 16.9 Å². The summed E-state index contributed by atoms with van der Waals surface area (Å²) in [5.41, 5.74) is 27.8. The van der Waals surface area contributed by atoms with Crippen LogP contribution < -0.4 is 21.3 Å². The van der Waals surface area contributed by atoms with Crippen LogP contribution >= 0.6 is 0 Å². The molecule has 4 heterocycles. The van der Waals surface area contributed by atoms with E-state index in [2.05, 4.69) is 210 Å². The van der Waals surface area contributed by atoms with Gasteiger partial charge >= 0.3 is 0 Å². The van der Waals surface area contributed by atoms with Crippen LogP contribution in [0.1, 0.15) is 95.2 Å². The highest BCUT2D eigenvalue weighted by Crippen LogP contribution is 2.54. The van der Waals surface area contributed by atoms with Crippen molar-refractivity contribution in [3.63, 3.8) is 0 Å². The fraction of sp³-hybridized carbons (Fsp3) is 0.171. The van der Waals surface area contributed by atoms with Gasteiger partial charge in [0.15, 0.2) is 0 Å². The van der Waals surface area contributed by atoms with Gasteiger partial charge in [-0.3, -0.25) is 0 Å². The molecule has 74 heavy (non-hydrogen) atoms. The summed E-state index contributed by atoms with van der Waals surface area (Å²) in [6.45, 7) is 8.86. The Labute approximate surface area is 433 Å². The van der Waals surface area contributed by atoms with Gasteiger partial charge in [0.25, 0.3) is 6.71 Å². The first kappa shape index (κ1) is 40.4. The number of fused-ring (bicyclic) bond motifs is 14. The molecule has 4 heteroatoms. The lowest BCUT2D eigenvalue weighted by Crippen LogP contribution is -2.61. The number of aromatic nitrogens is 2. The van der Waals surface area contributed by atoms with Crippen LogP contribution in [-0.4, -0.2) is 15.8 Å². The van der Waals surface area contributed by atoms with Crippen molar-refractivity contribution < 1.29 is 1.37 Å². The Hall–Kier alpha value is -8.08. The van der Waals surface area contributed by atoms with E-state index in [-0.39, 0.29) is 12.1 Å². The van der Waals surface area contributed by atoms with Crippen molar-refractivity contribution in [2.24, 2.45) is 0 Å². The fourth-order valence-electron chi connectivity index (χ4n) is 15.4. The second kappa shape index (κ2) is 14.6. The average molecular weight is 949 g/mol. The molecule has 2 aromatic heterocycles. The summed E-state index contributed by atoms with van der Waals surface area (Å²) in [5, 5.41) is 7.90. The smallest absolute Gasteiger partial charge is 0.253 e. The highest BCUT2D eigenvalue weighted by Gasteiger charge is 2.48. The Kier molecular flexibility index (Phi) is 7.96. The molecule has 0 amide bonds. The van der Waals surface area contributed by atoms with Crippen LogP contribution in [0.2, 0.25) is 0 Å². The van der Waals surface area contributed by atoms with E-state index in [4.69, 9.17) is 0 Å². The van der Waals surface area contributed by atoms with Crippen LogP contribution in [0, 0.1) is 0 Å². The van der Waals surface area contributed by atoms with Crippen molar-refractivity contribution in [2.45, 2.75) is 77.0 Å². The third-order valence-electron chi connectivity index (χ3n) is 18.6. The fourth-order valence-corrected chi connectivity index (χ4v) is 15.4. The van der Waals surface area contributed by atoms with Gasteiger partial charge in [-0.15, -0.1) is 0 Å². The van der Waals surface area contributed by atoms with E-state index < -0.39 is 5.89 Å². The molecular formula is C70H54BN3. The van der Waals surface area contributed by atoms with Gasteiger partial charge in [-0.1, -0.05) is 168 Å². The number of para-hydroxylation sites is 1. The summed E-state index contributed by atoms with van der Waals surface area (Å²) in [6, 6.07) is 70.1. The molecule has 0 bridgehead atoms. The Bertz CT molecular complexity index is 4540. The Morgan fingerprint density at radius 2 is 1.22 bits per heavy atom. The minimum absolute atomic E-state index is 0.117. The van der Waals surface area contributed by atoms with Gasteiger partial charge in [0, 0.05) is 56.6 Å². The lowest BCUT2D eigenvalue weighted by molar-refractivity contribution is 0.444.